The lowest BCUT2D eigenvalue weighted by molar-refractivity contribution is 0.604. The molecule has 3 N–H and O–H groups in total. The topological polar surface area (TPSA) is 38.0 Å². The molecule has 0 saturated heterocycles. The largest absolute Gasteiger partial charge is 0.271 e. The van der Waals surface area contributed by atoms with Gasteiger partial charge in [0, 0.05) is 9.50 Å². The van der Waals surface area contributed by atoms with Crippen molar-refractivity contribution in [1.82, 2.24) is 5.43 Å². The van der Waals surface area contributed by atoms with E-state index in [-0.39, 0.29) is 11.9 Å². The molecule has 5 heteroatoms. The maximum atomic E-state index is 13.5. The third-order valence-electron chi connectivity index (χ3n) is 2.83. The van der Waals surface area contributed by atoms with Crippen molar-refractivity contribution in [2.45, 2.75) is 13.0 Å². The molecule has 2 rings (SSSR count). The van der Waals surface area contributed by atoms with Gasteiger partial charge in [0.2, 0.25) is 0 Å². The fraction of sp³-hybridized carbons (Fsp3) is 0.143. The number of hydrazine groups is 1. The van der Waals surface area contributed by atoms with E-state index >= 15 is 0 Å². The summed E-state index contributed by atoms with van der Waals surface area (Å²) < 4.78 is 14.4. The van der Waals surface area contributed by atoms with E-state index in [1.807, 2.05) is 25.1 Å². The van der Waals surface area contributed by atoms with E-state index in [1.54, 1.807) is 6.07 Å². The van der Waals surface area contributed by atoms with Crippen LogP contribution in [0.5, 0.6) is 0 Å². The van der Waals surface area contributed by atoms with Crippen LogP contribution in [0.3, 0.4) is 0 Å². The lowest BCUT2D eigenvalue weighted by Crippen LogP contribution is -2.29. The zero-order chi connectivity index (χ0) is 14.0. The summed E-state index contributed by atoms with van der Waals surface area (Å²) in [5.41, 5.74) is 5.05. The van der Waals surface area contributed by atoms with Crippen LogP contribution in [0.4, 0.5) is 4.39 Å². The Kier molecular flexibility index (Phi) is 4.58. The molecular weight excluding hydrogens is 331 g/mol. The molecular formula is C14H13BrClFN2. The minimum atomic E-state index is -0.362. The van der Waals surface area contributed by atoms with Gasteiger partial charge in [0.05, 0.1) is 6.04 Å². The van der Waals surface area contributed by atoms with Crippen molar-refractivity contribution in [3.8, 4) is 0 Å². The Bertz CT molecular complexity index is 584. The summed E-state index contributed by atoms with van der Waals surface area (Å²) in [6, 6.07) is 9.93. The summed E-state index contributed by atoms with van der Waals surface area (Å²) in [4.78, 5) is 0. The number of benzene rings is 2. The standard InChI is InChI=1S/C14H13BrClFN2/c1-8-4-9(6-11(17)5-8)14(19-18)12-7-10(15)2-3-13(12)16/h2-7,14,19H,18H2,1H3. The van der Waals surface area contributed by atoms with Gasteiger partial charge in [-0.1, -0.05) is 33.6 Å². The molecule has 0 aromatic heterocycles. The first-order valence-electron chi connectivity index (χ1n) is 5.69. The maximum absolute atomic E-state index is 13.5. The number of halogens is 3. The SMILES string of the molecule is Cc1cc(F)cc(C(NN)c2cc(Br)ccc2Cl)c1. The van der Waals surface area contributed by atoms with Crippen molar-refractivity contribution in [2.75, 3.05) is 0 Å². The van der Waals surface area contributed by atoms with Gasteiger partial charge in [-0.05, 0) is 53.9 Å². The molecule has 0 bridgehead atoms. The van der Waals surface area contributed by atoms with Gasteiger partial charge in [-0.25, -0.2) is 9.82 Å². The van der Waals surface area contributed by atoms with E-state index in [4.69, 9.17) is 17.4 Å². The van der Waals surface area contributed by atoms with Crippen LogP contribution < -0.4 is 11.3 Å². The van der Waals surface area contributed by atoms with Gasteiger partial charge in [0.25, 0.3) is 0 Å². The smallest absolute Gasteiger partial charge is 0.123 e. The highest BCUT2D eigenvalue weighted by molar-refractivity contribution is 9.10. The minimum Gasteiger partial charge on any atom is -0.271 e. The van der Waals surface area contributed by atoms with Gasteiger partial charge in [-0.15, -0.1) is 0 Å². The predicted molar refractivity (Wildman–Crippen MR) is 79.5 cm³/mol. The Labute approximate surface area is 124 Å². The molecule has 19 heavy (non-hydrogen) atoms. The van der Waals surface area contributed by atoms with Crippen molar-refractivity contribution in [3.05, 3.63) is 68.4 Å². The van der Waals surface area contributed by atoms with Gasteiger partial charge in [0.1, 0.15) is 5.82 Å². The van der Waals surface area contributed by atoms with Gasteiger partial charge in [-0.3, -0.25) is 5.84 Å². The molecule has 1 atom stereocenters. The van der Waals surface area contributed by atoms with Crippen LogP contribution in [-0.2, 0) is 0 Å². The highest BCUT2D eigenvalue weighted by atomic mass is 79.9. The molecule has 0 fully saturated rings. The summed E-state index contributed by atoms with van der Waals surface area (Å²) in [7, 11) is 0. The van der Waals surface area contributed by atoms with Gasteiger partial charge >= 0.3 is 0 Å². The molecule has 0 spiro atoms. The van der Waals surface area contributed by atoms with E-state index < -0.39 is 0 Å². The van der Waals surface area contributed by atoms with Crippen molar-refractivity contribution in [1.29, 1.82) is 0 Å². The first kappa shape index (κ1) is 14.5. The molecule has 2 aromatic carbocycles. The third-order valence-corrected chi connectivity index (χ3v) is 3.67. The van der Waals surface area contributed by atoms with Gasteiger partial charge < -0.3 is 0 Å². The Hall–Kier alpha value is -0.940. The fourth-order valence-corrected chi connectivity index (χ4v) is 2.64. The van der Waals surface area contributed by atoms with Crippen LogP contribution >= 0.6 is 27.5 Å². The second kappa shape index (κ2) is 6.01. The fourth-order valence-electron chi connectivity index (χ4n) is 2.03. The van der Waals surface area contributed by atoms with E-state index in [1.165, 1.54) is 12.1 Å². The minimum absolute atomic E-state index is 0.290. The number of hydrogen-bond donors (Lipinski definition) is 2. The van der Waals surface area contributed by atoms with E-state index in [9.17, 15) is 4.39 Å². The van der Waals surface area contributed by atoms with E-state index in [0.29, 0.717) is 5.02 Å². The second-order valence-electron chi connectivity index (χ2n) is 4.33. The van der Waals surface area contributed by atoms with E-state index in [2.05, 4.69) is 21.4 Å². The maximum Gasteiger partial charge on any atom is 0.123 e. The molecule has 2 nitrogen and oxygen atoms in total. The third kappa shape index (κ3) is 3.34. The Morgan fingerprint density at radius 3 is 2.63 bits per heavy atom. The van der Waals surface area contributed by atoms with Gasteiger partial charge in [-0.2, -0.15) is 0 Å². The molecule has 0 amide bonds. The Morgan fingerprint density at radius 1 is 1.26 bits per heavy atom. The molecule has 1 unspecified atom stereocenters. The molecule has 100 valence electrons. The van der Waals surface area contributed by atoms with Crippen LogP contribution in [0.15, 0.2) is 40.9 Å². The van der Waals surface area contributed by atoms with Crippen LogP contribution in [0.1, 0.15) is 22.7 Å². The van der Waals surface area contributed by atoms with Crippen LogP contribution in [0.2, 0.25) is 5.02 Å². The van der Waals surface area contributed by atoms with Crippen molar-refractivity contribution in [3.63, 3.8) is 0 Å². The summed E-state index contributed by atoms with van der Waals surface area (Å²) in [6.45, 7) is 1.84. The molecule has 0 saturated carbocycles. The number of aryl methyl sites for hydroxylation is 1. The molecule has 0 aliphatic heterocycles. The first-order chi connectivity index (χ1) is 9.01. The molecule has 0 aliphatic carbocycles. The zero-order valence-corrected chi connectivity index (χ0v) is 12.6. The lowest BCUT2D eigenvalue weighted by atomic mass is 9.97. The molecule has 2 aromatic rings. The van der Waals surface area contributed by atoms with Gasteiger partial charge in [0.15, 0.2) is 0 Å². The van der Waals surface area contributed by atoms with Crippen LogP contribution in [-0.4, -0.2) is 0 Å². The summed E-state index contributed by atoms with van der Waals surface area (Å²) in [5, 5.41) is 0.577. The van der Waals surface area contributed by atoms with Crippen LogP contribution in [0.25, 0.3) is 0 Å². The zero-order valence-electron chi connectivity index (χ0n) is 10.3. The lowest BCUT2D eigenvalue weighted by Gasteiger charge is -2.19. The monoisotopic (exact) mass is 342 g/mol. The van der Waals surface area contributed by atoms with Crippen LogP contribution in [0, 0.1) is 12.7 Å². The first-order valence-corrected chi connectivity index (χ1v) is 6.86. The molecule has 0 radical (unpaired) electrons. The highest BCUT2D eigenvalue weighted by Gasteiger charge is 2.17. The number of rotatable bonds is 3. The Morgan fingerprint density at radius 2 is 2.00 bits per heavy atom. The highest BCUT2D eigenvalue weighted by Crippen LogP contribution is 2.31. The number of nitrogens with two attached hydrogens (primary N) is 1. The van der Waals surface area contributed by atoms with E-state index in [0.717, 1.165) is 21.2 Å². The van der Waals surface area contributed by atoms with Crippen molar-refractivity contribution in [2.24, 2.45) is 5.84 Å². The normalized spacial score (nSPS) is 12.5. The van der Waals surface area contributed by atoms with Crippen molar-refractivity contribution >= 4 is 27.5 Å². The van der Waals surface area contributed by atoms with Crippen molar-refractivity contribution < 1.29 is 4.39 Å². The predicted octanol–water partition coefficient (Wildman–Crippen LogP) is 4.10. The summed E-state index contributed by atoms with van der Waals surface area (Å²) in [5.74, 6) is 5.32. The quantitative estimate of drug-likeness (QED) is 0.650. The number of hydrogen-bond acceptors (Lipinski definition) is 2. The second-order valence-corrected chi connectivity index (χ2v) is 5.65. The Balaban J connectivity index is 2.52. The molecule has 0 heterocycles. The molecule has 0 aliphatic rings. The average Bonchev–Trinajstić information content (AvgIpc) is 2.33. The number of nitrogens with one attached hydrogen (secondary N) is 1. The average molecular weight is 344 g/mol. The summed E-state index contributed by atoms with van der Waals surface area (Å²) >= 11 is 9.58. The summed E-state index contributed by atoms with van der Waals surface area (Å²) in [6.07, 6.45) is 0.